The van der Waals surface area contributed by atoms with Gasteiger partial charge in [-0.1, -0.05) is 62.1 Å². The number of unbranched alkanes of at least 4 members (excludes halogenated alkanes) is 5. The molecule has 0 fully saturated rings. The van der Waals surface area contributed by atoms with Crippen molar-refractivity contribution in [2.75, 3.05) is 54.1 Å². The molecule has 1 amide bonds. The Balaban J connectivity index is 1.01. The summed E-state index contributed by atoms with van der Waals surface area (Å²) in [5.41, 5.74) is 4.23. The standard InChI is InChI=1S/C41H48N2O8/c1-45-33-20-18-28(16-17-29-25-37(47-3)39(49-5)38(26-29)48-4)24-36(33)51-23-13-9-7-6-8-12-22-50-34-21-19-30(27-35(34)46-2)40-42-32-15-11-10-14-31(32)41(44)43-40/h10-11,14-21,24-27,40,42H,6-9,12-13,22-23H2,1-5H3,(H,43,44). The average Bonchev–Trinajstić information content (AvgIpc) is 3.17. The van der Waals surface area contributed by atoms with Gasteiger partial charge < -0.3 is 43.8 Å². The molecule has 10 nitrogen and oxygen atoms in total. The van der Waals surface area contributed by atoms with E-state index in [9.17, 15) is 4.79 Å². The van der Waals surface area contributed by atoms with Crippen molar-refractivity contribution < 1.29 is 38.0 Å². The number of carbonyl (C=O) groups is 1. The molecule has 10 heteroatoms. The van der Waals surface area contributed by atoms with Crippen LogP contribution in [0.1, 0.15) is 71.7 Å². The van der Waals surface area contributed by atoms with Crippen LogP contribution in [0.4, 0.5) is 5.69 Å². The number of fused-ring (bicyclic) bond motifs is 1. The van der Waals surface area contributed by atoms with E-state index in [-0.39, 0.29) is 12.1 Å². The number of methoxy groups -OCH3 is 5. The van der Waals surface area contributed by atoms with Gasteiger partial charge >= 0.3 is 0 Å². The number of ether oxygens (including phenoxy) is 7. The number of rotatable bonds is 19. The summed E-state index contributed by atoms with van der Waals surface area (Å²) in [5, 5.41) is 6.39. The lowest BCUT2D eigenvalue weighted by molar-refractivity contribution is 0.0935. The van der Waals surface area contributed by atoms with Gasteiger partial charge in [0.25, 0.3) is 5.91 Å². The highest BCUT2D eigenvalue weighted by Gasteiger charge is 2.25. The average molecular weight is 697 g/mol. The van der Waals surface area contributed by atoms with Gasteiger partial charge in [-0.05, 0) is 78.1 Å². The van der Waals surface area contributed by atoms with Gasteiger partial charge in [-0.2, -0.15) is 0 Å². The van der Waals surface area contributed by atoms with Crippen LogP contribution in [-0.4, -0.2) is 54.7 Å². The molecular weight excluding hydrogens is 648 g/mol. The molecule has 1 unspecified atom stereocenters. The van der Waals surface area contributed by atoms with Crippen LogP contribution in [0.15, 0.2) is 72.8 Å². The zero-order valence-electron chi connectivity index (χ0n) is 30.1. The minimum atomic E-state index is -0.350. The molecule has 0 bridgehead atoms. The number of hydrogen-bond acceptors (Lipinski definition) is 9. The molecule has 1 heterocycles. The predicted molar refractivity (Wildman–Crippen MR) is 200 cm³/mol. The summed E-state index contributed by atoms with van der Waals surface area (Å²) >= 11 is 0. The first-order chi connectivity index (χ1) is 25.0. The third-order valence-electron chi connectivity index (χ3n) is 8.66. The van der Waals surface area contributed by atoms with Gasteiger partial charge in [0.15, 0.2) is 34.5 Å². The lowest BCUT2D eigenvalue weighted by Crippen LogP contribution is -2.38. The fourth-order valence-electron chi connectivity index (χ4n) is 5.93. The fourth-order valence-corrected chi connectivity index (χ4v) is 5.93. The van der Waals surface area contributed by atoms with Gasteiger partial charge in [-0.25, -0.2) is 0 Å². The minimum Gasteiger partial charge on any atom is -0.493 e. The SMILES string of the molecule is COc1cc(C2NC(=O)c3ccccc3N2)ccc1OCCCCCCCCOc1cc(C=Cc2cc(OC)c(OC)c(OC)c2)ccc1OC. The van der Waals surface area contributed by atoms with Crippen LogP contribution in [0, 0.1) is 0 Å². The zero-order valence-corrected chi connectivity index (χ0v) is 30.1. The van der Waals surface area contributed by atoms with E-state index in [1.165, 1.54) is 0 Å². The number of para-hydroxylation sites is 1. The fraction of sp³-hybridized carbons (Fsp3) is 0.341. The van der Waals surface area contributed by atoms with Crippen molar-refractivity contribution in [3.05, 3.63) is 95.1 Å². The second kappa shape index (κ2) is 18.5. The quantitative estimate of drug-likeness (QED) is 0.0737. The van der Waals surface area contributed by atoms with Crippen LogP contribution < -0.4 is 43.8 Å². The molecule has 4 aromatic rings. The van der Waals surface area contributed by atoms with E-state index in [0.717, 1.165) is 66.7 Å². The topological polar surface area (TPSA) is 106 Å². The largest absolute Gasteiger partial charge is 0.493 e. The van der Waals surface area contributed by atoms with Crippen molar-refractivity contribution in [1.82, 2.24) is 5.32 Å². The van der Waals surface area contributed by atoms with E-state index in [0.29, 0.717) is 53.3 Å². The Bertz CT molecular complexity index is 1760. The summed E-state index contributed by atoms with van der Waals surface area (Å²) in [6.45, 7) is 1.22. The van der Waals surface area contributed by atoms with Crippen LogP contribution in [0.25, 0.3) is 12.2 Å². The minimum absolute atomic E-state index is 0.106. The Morgan fingerprint density at radius 2 is 1.14 bits per heavy atom. The van der Waals surface area contributed by atoms with Crippen molar-refractivity contribution in [2.45, 2.75) is 44.7 Å². The van der Waals surface area contributed by atoms with E-state index in [2.05, 4.69) is 10.6 Å². The zero-order chi connectivity index (χ0) is 36.0. The molecule has 2 N–H and O–H groups in total. The molecule has 51 heavy (non-hydrogen) atoms. The van der Waals surface area contributed by atoms with Crippen molar-refractivity contribution in [3.63, 3.8) is 0 Å². The van der Waals surface area contributed by atoms with Gasteiger partial charge in [0.1, 0.15) is 6.17 Å². The van der Waals surface area contributed by atoms with Crippen molar-refractivity contribution in [1.29, 1.82) is 0 Å². The summed E-state index contributed by atoms with van der Waals surface area (Å²) in [5.74, 6) is 4.41. The van der Waals surface area contributed by atoms with E-state index in [1.807, 2.05) is 78.9 Å². The molecule has 0 spiro atoms. The third kappa shape index (κ3) is 9.60. The van der Waals surface area contributed by atoms with E-state index in [4.69, 9.17) is 33.2 Å². The van der Waals surface area contributed by atoms with Crippen LogP contribution in [0.3, 0.4) is 0 Å². The predicted octanol–water partition coefficient (Wildman–Crippen LogP) is 8.55. The van der Waals surface area contributed by atoms with Gasteiger partial charge in [-0.15, -0.1) is 0 Å². The molecule has 0 saturated heterocycles. The second-order valence-corrected chi connectivity index (χ2v) is 12.0. The lowest BCUT2D eigenvalue weighted by Gasteiger charge is -2.28. The van der Waals surface area contributed by atoms with Crippen LogP contribution >= 0.6 is 0 Å². The first-order valence-electron chi connectivity index (χ1n) is 17.2. The van der Waals surface area contributed by atoms with Crippen molar-refractivity contribution >= 4 is 23.7 Å². The Morgan fingerprint density at radius 3 is 1.80 bits per heavy atom. The van der Waals surface area contributed by atoms with Crippen molar-refractivity contribution in [2.24, 2.45) is 0 Å². The highest BCUT2D eigenvalue weighted by atomic mass is 16.5. The number of hydrogen-bond donors (Lipinski definition) is 2. The summed E-state index contributed by atoms with van der Waals surface area (Å²) in [7, 11) is 8.07. The first-order valence-corrected chi connectivity index (χ1v) is 17.2. The maximum atomic E-state index is 12.6. The van der Waals surface area contributed by atoms with E-state index in [1.54, 1.807) is 41.6 Å². The molecule has 0 saturated carbocycles. The summed E-state index contributed by atoms with van der Waals surface area (Å²) in [6, 6.07) is 22.9. The Kier molecular flexibility index (Phi) is 13.3. The highest BCUT2D eigenvalue weighted by molar-refractivity contribution is 6.01. The maximum absolute atomic E-state index is 12.6. The third-order valence-corrected chi connectivity index (χ3v) is 8.66. The summed E-state index contributed by atoms with van der Waals surface area (Å²) in [4.78, 5) is 12.6. The number of nitrogens with one attached hydrogen (secondary N) is 2. The maximum Gasteiger partial charge on any atom is 0.255 e. The molecular formula is C41H48N2O8. The number of anilines is 1. The van der Waals surface area contributed by atoms with Gasteiger partial charge in [0.2, 0.25) is 5.75 Å². The molecule has 5 rings (SSSR count). The highest BCUT2D eigenvalue weighted by Crippen LogP contribution is 2.39. The molecule has 0 radical (unpaired) electrons. The van der Waals surface area contributed by atoms with E-state index >= 15 is 0 Å². The molecule has 270 valence electrons. The second-order valence-electron chi connectivity index (χ2n) is 12.0. The summed E-state index contributed by atoms with van der Waals surface area (Å²) in [6.07, 6.45) is 9.96. The van der Waals surface area contributed by atoms with Gasteiger partial charge in [-0.3, -0.25) is 4.79 Å². The van der Waals surface area contributed by atoms with Crippen molar-refractivity contribution in [3.8, 4) is 40.2 Å². The first kappa shape index (κ1) is 36.8. The van der Waals surface area contributed by atoms with E-state index < -0.39 is 0 Å². The molecule has 4 aromatic carbocycles. The summed E-state index contributed by atoms with van der Waals surface area (Å²) < 4.78 is 39.7. The normalized spacial score (nSPS) is 13.5. The number of benzene rings is 4. The van der Waals surface area contributed by atoms with Crippen LogP contribution in [0.5, 0.6) is 40.2 Å². The van der Waals surface area contributed by atoms with Gasteiger partial charge in [0, 0.05) is 5.69 Å². The Morgan fingerprint density at radius 1 is 0.549 bits per heavy atom. The Hall–Kier alpha value is -5.51. The Labute approximate surface area is 300 Å². The lowest BCUT2D eigenvalue weighted by atomic mass is 10.1. The molecule has 1 aliphatic heterocycles. The molecule has 0 aliphatic carbocycles. The molecule has 1 aliphatic rings. The number of amides is 1. The van der Waals surface area contributed by atoms with Crippen LogP contribution in [-0.2, 0) is 0 Å². The molecule has 1 atom stereocenters. The smallest absolute Gasteiger partial charge is 0.255 e. The number of carbonyl (C=O) groups excluding carboxylic acids is 1. The van der Waals surface area contributed by atoms with Gasteiger partial charge in [0.05, 0.1) is 54.3 Å². The molecule has 0 aromatic heterocycles. The van der Waals surface area contributed by atoms with Crippen LogP contribution in [0.2, 0.25) is 0 Å². The monoisotopic (exact) mass is 696 g/mol.